The summed E-state index contributed by atoms with van der Waals surface area (Å²) >= 11 is 6.14. The molecule has 3 heteroatoms. The van der Waals surface area contributed by atoms with Gasteiger partial charge in [0.05, 0.1) is 0 Å². The molecule has 2 aromatic carbocycles. The van der Waals surface area contributed by atoms with Gasteiger partial charge in [-0.05, 0) is 23.3 Å². The molecule has 0 atom stereocenters. The molecule has 0 aliphatic heterocycles. The molecule has 19 heavy (non-hydrogen) atoms. The number of thioether (sulfide) groups is 1. The first-order valence-corrected chi connectivity index (χ1v) is 7.66. The lowest BCUT2D eigenvalue weighted by molar-refractivity contribution is 1.11. The molecule has 2 aromatic rings. The zero-order valence-electron chi connectivity index (χ0n) is 11.1. The second-order valence-electron chi connectivity index (χ2n) is 3.90. The van der Waals surface area contributed by atoms with Crippen LogP contribution in [0.25, 0.3) is 11.1 Å². The molecule has 100 valence electrons. The van der Waals surface area contributed by atoms with Crippen LogP contribution >= 0.6 is 24.0 Å². The van der Waals surface area contributed by atoms with Crippen molar-refractivity contribution in [3.63, 3.8) is 0 Å². The number of hydrogen-bond acceptors (Lipinski definition) is 2. The van der Waals surface area contributed by atoms with Crippen molar-refractivity contribution in [3.05, 3.63) is 60.7 Å². The lowest BCUT2D eigenvalue weighted by atomic mass is 10.1. The first kappa shape index (κ1) is 15.7. The van der Waals surface area contributed by atoms with E-state index in [2.05, 4.69) is 67.7 Å². The summed E-state index contributed by atoms with van der Waals surface area (Å²) in [4.78, 5) is 0. The lowest BCUT2D eigenvalue weighted by Gasteiger charge is -1.98. The molecule has 0 aliphatic rings. The smallest absolute Gasteiger partial charge is 0.131 e. The highest BCUT2D eigenvalue weighted by Gasteiger charge is 1.91. The van der Waals surface area contributed by atoms with Gasteiger partial charge in [0.25, 0.3) is 0 Å². The standard InChI is InChI=1S/C12H10.C4H9NS2/c1-3-7-11(8-4-1)12-9-5-2-6-10-12;1-2-3-7-4(5)6/h1-10H;2-3H2,1H3,(H2,5,6). The summed E-state index contributed by atoms with van der Waals surface area (Å²) in [5.41, 5.74) is 7.72. The molecule has 0 bridgehead atoms. The third-order valence-corrected chi connectivity index (χ3v) is 3.58. The topological polar surface area (TPSA) is 26.0 Å². The monoisotopic (exact) mass is 289 g/mol. The Morgan fingerprint density at radius 3 is 1.63 bits per heavy atom. The van der Waals surface area contributed by atoms with Crippen LogP contribution in [-0.2, 0) is 0 Å². The molecule has 0 spiro atoms. The number of nitrogens with two attached hydrogens (primary N) is 1. The fourth-order valence-corrected chi connectivity index (χ4v) is 2.12. The predicted molar refractivity (Wildman–Crippen MR) is 91.4 cm³/mol. The van der Waals surface area contributed by atoms with Crippen LogP contribution in [0, 0.1) is 0 Å². The van der Waals surface area contributed by atoms with Gasteiger partial charge in [-0.3, -0.25) is 0 Å². The minimum atomic E-state index is 0.557. The van der Waals surface area contributed by atoms with Gasteiger partial charge >= 0.3 is 0 Å². The normalized spacial score (nSPS) is 9.32. The van der Waals surface area contributed by atoms with E-state index in [1.807, 2.05) is 12.1 Å². The maximum Gasteiger partial charge on any atom is 0.131 e. The summed E-state index contributed by atoms with van der Waals surface area (Å²) in [5, 5.41) is 0. The first-order chi connectivity index (χ1) is 9.24. The van der Waals surface area contributed by atoms with Crippen molar-refractivity contribution in [2.75, 3.05) is 5.75 Å². The SMILES string of the molecule is CCCSC(N)=S.c1ccc(-c2ccccc2)cc1. The quantitative estimate of drug-likeness (QED) is 0.827. The number of thiocarbonyl (C=S) groups is 1. The predicted octanol–water partition coefficient (Wildman–Crippen LogP) is 4.73. The molecule has 0 amide bonds. The Labute approximate surface area is 125 Å². The Morgan fingerprint density at radius 2 is 1.37 bits per heavy atom. The van der Waals surface area contributed by atoms with E-state index in [9.17, 15) is 0 Å². The first-order valence-electron chi connectivity index (χ1n) is 6.26. The largest absolute Gasteiger partial charge is 0.385 e. The zero-order valence-corrected chi connectivity index (χ0v) is 12.7. The zero-order chi connectivity index (χ0) is 13.9. The average molecular weight is 289 g/mol. The summed E-state index contributed by atoms with van der Waals surface area (Å²) in [6, 6.07) is 20.8. The third kappa shape index (κ3) is 6.99. The number of hydrogen-bond donors (Lipinski definition) is 1. The molecule has 0 fully saturated rings. The van der Waals surface area contributed by atoms with Gasteiger partial charge in [-0.1, -0.05) is 91.6 Å². The molecular weight excluding hydrogens is 270 g/mol. The van der Waals surface area contributed by atoms with Crippen LogP contribution in [0.1, 0.15) is 13.3 Å². The Morgan fingerprint density at radius 1 is 0.947 bits per heavy atom. The fourth-order valence-electron chi connectivity index (χ4n) is 1.46. The van der Waals surface area contributed by atoms with Gasteiger partial charge in [0.15, 0.2) is 0 Å². The van der Waals surface area contributed by atoms with E-state index < -0.39 is 0 Å². The van der Waals surface area contributed by atoms with E-state index in [4.69, 9.17) is 5.73 Å². The Hall–Kier alpha value is -1.32. The second-order valence-corrected chi connectivity index (χ2v) is 5.73. The maximum atomic E-state index is 5.17. The van der Waals surface area contributed by atoms with Gasteiger partial charge in [0.2, 0.25) is 0 Å². The molecule has 0 heterocycles. The summed E-state index contributed by atoms with van der Waals surface area (Å²) in [5.74, 6) is 1.05. The van der Waals surface area contributed by atoms with Gasteiger partial charge in [0.1, 0.15) is 4.32 Å². The molecule has 0 unspecified atom stereocenters. The van der Waals surface area contributed by atoms with Crippen LogP contribution in [0.5, 0.6) is 0 Å². The molecule has 0 aromatic heterocycles. The Bertz CT molecular complexity index is 431. The molecule has 0 saturated carbocycles. The van der Waals surface area contributed by atoms with E-state index in [1.165, 1.54) is 11.1 Å². The molecule has 0 aliphatic carbocycles. The Balaban J connectivity index is 0.000000224. The van der Waals surface area contributed by atoms with Crippen LogP contribution < -0.4 is 5.73 Å². The molecular formula is C16H19NS2. The number of benzene rings is 2. The van der Waals surface area contributed by atoms with Crippen molar-refractivity contribution in [2.45, 2.75) is 13.3 Å². The molecule has 2 N–H and O–H groups in total. The van der Waals surface area contributed by atoms with Gasteiger partial charge in [-0.25, -0.2) is 0 Å². The van der Waals surface area contributed by atoms with E-state index in [0.717, 1.165) is 12.2 Å². The van der Waals surface area contributed by atoms with Crippen molar-refractivity contribution >= 4 is 28.3 Å². The summed E-state index contributed by atoms with van der Waals surface area (Å²) in [6.45, 7) is 2.10. The van der Waals surface area contributed by atoms with Crippen molar-refractivity contribution < 1.29 is 0 Å². The minimum absolute atomic E-state index is 0.557. The molecule has 2 rings (SSSR count). The summed E-state index contributed by atoms with van der Waals surface area (Å²) in [7, 11) is 0. The van der Waals surface area contributed by atoms with Crippen LogP contribution in [0.4, 0.5) is 0 Å². The van der Waals surface area contributed by atoms with Gasteiger partial charge in [-0.15, -0.1) is 0 Å². The van der Waals surface area contributed by atoms with Crippen LogP contribution in [-0.4, -0.2) is 10.1 Å². The highest BCUT2D eigenvalue weighted by Crippen LogP contribution is 2.17. The Kier molecular flexibility index (Phi) is 7.94. The maximum absolute atomic E-state index is 5.17. The van der Waals surface area contributed by atoms with Gasteiger partial charge in [0, 0.05) is 0 Å². The van der Waals surface area contributed by atoms with E-state index >= 15 is 0 Å². The highest BCUT2D eigenvalue weighted by molar-refractivity contribution is 8.22. The van der Waals surface area contributed by atoms with Crippen molar-refractivity contribution in [1.82, 2.24) is 0 Å². The van der Waals surface area contributed by atoms with Crippen molar-refractivity contribution in [2.24, 2.45) is 5.73 Å². The summed E-state index contributed by atoms with van der Waals surface area (Å²) < 4.78 is 0.557. The van der Waals surface area contributed by atoms with E-state index in [1.54, 1.807) is 11.8 Å². The highest BCUT2D eigenvalue weighted by atomic mass is 32.2. The van der Waals surface area contributed by atoms with E-state index in [-0.39, 0.29) is 0 Å². The minimum Gasteiger partial charge on any atom is -0.385 e. The average Bonchev–Trinajstić information content (AvgIpc) is 2.47. The number of rotatable bonds is 3. The second kappa shape index (κ2) is 9.59. The van der Waals surface area contributed by atoms with Gasteiger partial charge < -0.3 is 5.73 Å². The van der Waals surface area contributed by atoms with Crippen LogP contribution in [0.15, 0.2) is 60.7 Å². The van der Waals surface area contributed by atoms with Crippen LogP contribution in [0.3, 0.4) is 0 Å². The van der Waals surface area contributed by atoms with E-state index in [0.29, 0.717) is 4.32 Å². The fraction of sp³-hybridized carbons (Fsp3) is 0.188. The summed E-state index contributed by atoms with van der Waals surface area (Å²) in [6.07, 6.45) is 1.14. The molecule has 0 radical (unpaired) electrons. The van der Waals surface area contributed by atoms with Gasteiger partial charge in [-0.2, -0.15) is 0 Å². The van der Waals surface area contributed by atoms with Crippen LogP contribution in [0.2, 0.25) is 0 Å². The van der Waals surface area contributed by atoms with Crippen molar-refractivity contribution in [1.29, 1.82) is 0 Å². The third-order valence-electron chi connectivity index (χ3n) is 2.33. The molecule has 1 nitrogen and oxygen atoms in total. The molecule has 0 saturated heterocycles. The van der Waals surface area contributed by atoms with Crippen molar-refractivity contribution in [3.8, 4) is 11.1 Å². The lowest BCUT2D eigenvalue weighted by Crippen LogP contribution is -2.01.